The Labute approximate surface area is 84.2 Å². The Bertz CT molecular complexity index is 412. The zero-order valence-corrected chi connectivity index (χ0v) is 8.57. The predicted molar refractivity (Wildman–Crippen MR) is 58.0 cm³/mol. The number of nitrogens with zero attached hydrogens (tertiary/aromatic N) is 2. The van der Waals surface area contributed by atoms with E-state index in [9.17, 15) is 0 Å². The molecule has 14 heavy (non-hydrogen) atoms. The third-order valence-electron chi connectivity index (χ3n) is 2.40. The smallest absolute Gasteiger partial charge is 0.0568 e. The maximum Gasteiger partial charge on any atom is 0.0568 e. The fourth-order valence-corrected chi connectivity index (χ4v) is 1.50. The molecule has 2 nitrogen and oxygen atoms in total. The van der Waals surface area contributed by atoms with Crippen molar-refractivity contribution in [2.75, 3.05) is 0 Å². The van der Waals surface area contributed by atoms with Gasteiger partial charge in [0.2, 0.25) is 0 Å². The van der Waals surface area contributed by atoms with Gasteiger partial charge >= 0.3 is 0 Å². The molecule has 1 aromatic heterocycles. The van der Waals surface area contributed by atoms with Crippen molar-refractivity contribution in [3.8, 4) is 11.1 Å². The molecule has 0 fully saturated rings. The van der Waals surface area contributed by atoms with Gasteiger partial charge in [0.05, 0.1) is 6.20 Å². The van der Waals surface area contributed by atoms with Crippen LogP contribution in [0.1, 0.15) is 12.5 Å². The molecule has 0 aliphatic rings. The summed E-state index contributed by atoms with van der Waals surface area (Å²) in [4.78, 5) is 0. The van der Waals surface area contributed by atoms with Crippen LogP contribution < -0.4 is 0 Å². The van der Waals surface area contributed by atoms with E-state index in [-0.39, 0.29) is 0 Å². The minimum Gasteiger partial charge on any atom is -0.275 e. The molecule has 0 saturated heterocycles. The number of rotatable bonds is 2. The van der Waals surface area contributed by atoms with Crippen LogP contribution in [0, 0.1) is 0 Å². The summed E-state index contributed by atoms with van der Waals surface area (Å²) in [5.41, 5.74) is 3.78. The molecule has 0 bridgehead atoms. The first-order valence-electron chi connectivity index (χ1n) is 4.87. The van der Waals surface area contributed by atoms with Crippen LogP contribution in [0.3, 0.4) is 0 Å². The third-order valence-corrected chi connectivity index (χ3v) is 2.40. The SMILES string of the molecule is CCc1ccc(-c2cnn(C)c2)cc1. The van der Waals surface area contributed by atoms with Crippen LogP contribution in [0.25, 0.3) is 11.1 Å². The van der Waals surface area contributed by atoms with Gasteiger partial charge in [0.15, 0.2) is 0 Å². The Balaban J connectivity index is 2.33. The molecular formula is C12H14N2. The fourth-order valence-electron chi connectivity index (χ4n) is 1.50. The molecule has 0 amide bonds. The normalized spacial score (nSPS) is 10.4. The van der Waals surface area contributed by atoms with Crippen LogP contribution in [0.4, 0.5) is 0 Å². The lowest BCUT2D eigenvalue weighted by Gasteiger charge is -1.99. The molecule has 2 heteroatoms. The lowest BCUT2D eigenvalue weighted by atomic mass is 10.1. The summed E-state index contributed by atoms with van der Waals surface area (Å²) in [5.74, 6) is 0. The predicted octanol–water partition coefficient (Wildman–Crippen LogP) is 2.65. The van der Waals surface area contributed by atoms with Crippen LogP contribution in [0.2, 0.25) is 0 Å². The van der Waals surface area contributed by atoms with E-state index in [1.54, 1.807) is 0 Å². The van der Waals surface area contributed by atoms with Gasteiger partial charge in [-0.3, -0.25) is 4.68 Å². The summed E-state index contributed by atoms with van der Waals surface area (Å²) in [6.07, 6.45) is 5.01. The summed E-state index contributed by atoms with van der Waals surface area (Å²) in [5, 5.41) is 4.15. The average Bonchev–Trinajstić information content (AvgIpc) is 2.65. The molecule has 0 saturated carbocycles. The van der Waals surface area contributed by atoms with Crippen LogP contribution in [-0.2, 0) is 13.5 Å². The second-order valence-corrected chi connectivity index (χ2v) is 3.45. The molecule has 0 aliphatic heterocycles. The Morgan fingerprint density at radius 1 is 1.14 bits per heavy atom. The molecule has 0 spiro atoms. The molecule has 72 valence electrons. The van der Waals surface area contributed by atoms with Gasteiger partial charge in [0.25, 0.3) is 0 Å². The minimum atomic E-state index is 1.09. The van der Waals surface area contributed by atoms with Gasteiger partial charge in [-0.15, -0.1) is 0 Å². The maximum absolute atomic E-state index is 4.15. The van der Waals surface area contributed by atoms with Gasteiger partial charge < -0.3 is 0 Å². The van der Waals surface area contributed by atoms with Crippen molar-refractivity contribution >= 4 is 0 Å². The topological polar surface area (TPSA) is 17.8 Å². The average molecular weight is 186 g/mol. The third kappa shape index (κ3) is 1.69. The highest BCUT2D eigenvalue weighted by atomic mass is 15.2. The number of hydrogen-bond acceptors (Lipinski definition) is 1. The van der Waals surface area contributed by atoms with E-state index in [4.69, 9.17) is 0 Å². The van der Waals surface area contributed by atoms with E-state index in [1.807, 2.05) is 24.1 Å². The first-order valence-corrected chi connectivity index (χ1v) is 4.87. The molecule has 0 atom stereocenters. The van der Waals surface area contributed by atoms with Crippen molar-refractivity contribution in [1.82, 2.24) is 9.78 Å². The lowest BCUT2D eigenvalue weighted by Crippen LogP contribution is -1.84. The fraction of sp³-hybridized carbons (Fsp3) is 0.250. The molecule has 0 unspecified atom stereocenters. The van der Waals surface area contributed by atoms with E-state index in [0.717, 1.165) is 6.42 Å². The highest BCUT2D eigenvalue weighted by molar-refractivity contribution is 5.61. The minimum absolute atomic E-state index is 1.09. The van der Waals surface area contributed by atoms with Gasteiger partial charge in [-0.05, 0) is 17.5 Å². The first-order chi connectivity index (χ1) is 6.79. The van der Waals surface area contributed by atoms with Crippen molar-refractivity contribution < 1.29 is 0 Å². The molecule has 0 N–H and O–H groups in total. The zero-order chi connectivity index (χ0) is 9.97. The van der Waals surface area contributed by atoms with Gasteiger partial charge in [-0.1, -0.05) is 31.2 Å². The molecule has 1 heterocycles. The number of benzene rings is 1. The van der Waals surface area contributed by atoms with Gasteiger partial charge in [0.1, 0.15) is 0 Å². The summed E-state index contributed by atoms with van der Waals surface area (Å²) in [6.45, 7) is 2.17. The van der Waals surface area contributed by atoms with Crippen LogP contribution in [0.15, 0.2) is 36.7 Å². The standard InChI is InChI=1S/C12H14N2/c1-3-10-4-6-11(7-5-10)12-8-13-14(2)9-12/h4-9H,3H2,1-2H3. The molecule has 2 aromatic rings. The summed E-state index contributed by atoms with van der Waals surface area (Å²) < 4.78 is 1.82. The molecule has 0 radical (unpaired) electrons. The summed E-state index contributed by atoms with van der Waals surface area (Å²) in [7, 11) is 1.93. The molecule has 0 aliphatic carbocycles. The van der Waals surface area contributed by atoms with Crippen LogP contribution in [0.5, 0.6) is 0 Å². The second kappa shape index (κ2) is 3.66. The van der Waals surface area contributed by atoms with Gasteiger partial charge in [-0.2, -0.15) is 5.10 Å². The number of aromatic nitrogens is 2. The number of hydrogen-bond donors (Lipinski definition) is 0. The van der Waals surface area contributed by atoms with Crippen molar-refractivity contribution in [2.45, 2.75) is 13.3 Å². The molecule has 2 rings (SSSR count). The van der Waals surface area contributed by atoms with E-state index >= 15 is 0 Å². The van der Waals surface area contributed by atoms with Crippen molar-refractivity contribution in [1.29, 1.82) is 0 Å². The Hall–Kier alpha value is -1.57. The van der Waals surface area contributed by atoms with Gasteiger partial charge in [0, 0.05) is 18.8 Å². The van der Waals surface area contributed by atoms with Crippen molar-refractivity contribution in [3.05, 3.63) is 42.2 Å². The lowest BCUT2D eigenvalue weighted by molar-refractivity contribution is 0.768. The van der Waals surface area contributed by atoms with E-state index in [0.29, 0.717) is 0 Å². The van der Waals surface area contributed by atoms with E-state index in [1.165, 1.54) is 16.7 Å². The molecule has 1 aromatic carbocycles. The van der Waals surface area contributed by atoms with Crippen molar-refractivity contribution in [2.24, 2.45) is 7.05 Å². The summed E-state index contributed by atoms with van der Waals surface area (Å²) in [6, 6.07) is 8.64. The highest BCUT2D eigenvalue weighted by Crippen LogP contribution is 2.18. The maximum atomic E-state index is 4.15. The van der Waals surface area contributed by atoms with Crippen LogP contribution in [-0.4, -0.2) is 9.78 Å². The quantitative estimate of drug-likeness (QED) is 0.705. The summed E-state index contributed by atoms with van der Waals surface area (Å²) >= 11 is 0. The Kier molecular flexibility index (Phi) is 2.35. The largest absolute Gasteiger partial charge is 0.275 e. The van der Waals surface area contributed by atoms with Crippen LogP contribution >= 0.6 is 0 Å². The first kappa shape index (κ1) is 9.00. The zero-order valence-electron chi connectivity index (χ0n) is 8.57. The van der Waals surface area contributed by atoms with Crippen molar-refractivity contribution in [3.63, 3.8) is 0 Å². The Morgan fingerprint density at radius 3 is 2.36 bits per heavy atom. The van der Waals surface area contributed by atoms with E-state index in [2.05, 4.69) is 36.3 Å². The second-order valence-electron chi connectivity index (χ2n) is 3.45. The van der Waals surface area contributed by atoms with E-state index < -0.39 is 0 Å². The molecular weight excluding hydrogens is 172 g/mol. The Morgan fingerprint density at radius 2 is 1.86 bits per heavy atom. The number of aryl methyl sites for hydroxylation is 2. The van der Waals surface area contributed by atoms with Gasteiger partial charge in [-0.25, -0.2) is 0 Å². The highest BCUT2D eigenvalue weighted by Gasteiger charge is 1.99. The monoisotopic (exact) mass is 186 g/mol.